The van der Waals surface area contributed by atoms with Gasteiger partial charge in [0.15, 0.2) is 0 Å². The van der Waals surface area contributed by atoms with Crippen LogP contribution in [0.25, 0.3) is 0 Å². The first-order valence-electron chi connectivity index (χ1n) is 7.34. The summed E-state index contributed by atoms with van der Waals surface area (Å²) in [6, 6.07) is -0.299. The summed E-state index contributed by atoms with van der Waals surface area (Å²) in [5.74, 6) is -0.159. The van der Waals surface area contributed by atoms with Gasteiger partial charge in [-0.15, -0.1) is 0 Å². The molecular weight excluding hydrogens is 244 g/mol. The van der Waals surface area contributed by atoms with Crippen molar-refractivity contribution in [3.8, 4) is 0 Å². The van der Waals surface area contributed by atoms with Gasteiger partial charge < -0.3 is 15.7 Å². The Labute approximate surface area is 113 Å². The van der Waals surface area contributed by atoms with E-state index < -0.39 is 5.97 Å². The third kappa shape index (κ3) is 2.14. The SMILES string of the molecule is CC1CCNC1C(=O)NC1C2CCC(C2)C1C(=O)O. The second-order valence-electron chi connectivity index (χ2n) is 6.43. The zero-order valence-corrected chi connectivity index (χ0v) is 11.3. The molecule has 19 heavy (non-hydrogen) atoms. The van der Waals surface area contributed by atoms with Crippen molar-refractivity contribution in [3.63, 3.8) is 0 Å². The van der Waals surface area contributed by atoms with Crippen LogP contribution in [0.3, 0.4) is 0 Å². The Morgan fingerprint density at radius 1 is 1.21 bits per heavy atom. The highest BCUT2D eigenvalue weighted by Gasteiger charge is 2.52. The fraction of sp³-hybridized carbons (Fsp3) is 0.857. The van der Waals surface area contributed by atoms with Crippen LogP contribution in [0.1, 0.15) is 32.6 Å². The van der Waals surface area contributed by atoms with Crippen molar-refractivity contribution in [1.29, 1.82) is 0 Å². The predicted octanol–water partition coefficient (Wildman–Crippen LogP) is 0.600. The molecule has 0 radical (unpaired) electrons. The fourth-order valence-corrected chi connectivity index (χ4v) is 4.29. The first-order valence-corrected chi connectivity index (χ1v) is 7.34. The molecule has 2 bridgehead atoms. The van der Waals surface area contributed by atoms with Crippen molar-refractivity contribution in [2.75, 3.05) is 6.54 Å². The van der Waals surface area contributed by atoms with Crippen LogP contribution in [0, 0.1) is 23.7 Å². The molecule has 0 aromatic rings. The van der Waals surface area contributed by atoms with E-state index in [1.807, 2.05) is 0 Å². The Bertz CT molecular complexity index is 398. The largest absolute Gasteiger partial charge is 0.481 e. The minimum Gasteiger partial charge on any atom is -0.481 e. The minimum absolute atomic E-state index is 0.00574. The maximum Gasteiger partial charge on any atom is 0.308 e. The lowest BCUT2D eigenvalue weighted by molar-refractivity contribution is -0.144. The Balaban J connectivity index is 1.68. The van der Waals surface area contributed by atoms with Gasteiger partial charge in [-0.25, -0.2) is 0 Å². The maximum atomic E-state index is 12.3. The zero-order valence-electron chi connectivity index (χ0n) is 11.3. The number of nitrogens with one attached hydrogen (secondary N) is 2. The predicted molar refractivity (Wildman–Crippen MR) is 69.5 cm³/mol. The smallest absolute Gasteiger partial charge is 0.308 e. The van der Waals surface area contributed by atoms with Gasteiger partial charge in [-0.1, -0.05) is 6.92 Å². The number of carboxylic acid groups (broad SMARTS) is 1. The van der Waals surface area contributed by atoms with Crippen molar-refractivity contribution in [2.45, 2.75) is 44.7 Å². The molecule has 1 saturated heterocycles. The molecule has 6 atom stereocenters. The lowest BCUT2D eigenvalue weighted by atomic mass is 9.84. The van der Waals surface area contributed by atoms with Gasteiger partial charge in [0.25, 0.3) is 0 Å². The van der Waals surface area contributed by atoms with Gasteiger partial charge in [0.1, 0.15) is 0 Å². The highest BCUT2D eigenvalue weighted by molar-refractivity contribution is 5.84. The van der Waals surface area contributed by atoms with Crippen LogP contribution in [0.4, 0.5) is 0 Å². The van der Waals surface area contributed by atoms with Crippen LogP contribution in [-0.4, -0.2) is 35.6 Å². The van der Waals surface area contributed by atoms with E-state index in [2.05, 4.69) is 17.6 Å². The van der Waals surface area contributed by atoms with Crippen LogP contribution in [-0.2, 0) is 9.59 Å². The van der Waals surface area contributed by atoms with Crippen molar-refractivity contribution in [3.05, 3.63) is 0 Å². The van der Waals surface area contributed by atoms with Crippen molar-refractivity contribution in [2.24, 2.45) is 23.7 Å². The zero-order chi connectivity index (χ0) is 13.6. The van der Waals surface area contributed by atoms with Crippen molar-refractivity contribution in [1.82, 2.24) is 10.6 Å². The number of rotatable bonds is 3. The summed E-state index contributed by atoms with van der Waals surface area (Å²) in [6.07, 6.45) is 4.05. The topological polar surface area (TPSA) is 78.4 Å². The first kappa shape index (κ1) is 12.9. The third-order valence-electron chi connectivity index (χ3n) is 5.33. The molecule has 1 heterocycles. The summed E-state index contributed by atoms with van der Waals surface area (Å²) in [7, 11) is 0. The molecule has 3 aliphatic rings. The van der Waals surface area contributed by atoms with Gasteiger partial charge in [-0.3, -0.25) is 9.59 Å². The molecule has 0 aromatic heterocycles. The van der Waals surface area contributed by atoms with Crippen LogP contribution >= 0.6 is 0 Å². The molecular formula is C14H22N2O3. The molecule has 3 fully saturated rings. The summed E-state index contributed by atoms with van der Waals surface area (Å²) >= 11 is 0. The van der Waals surface area contributed by atoms with Gasteiger partial charge >= 0.3 is 5.97 Å². The standard InChI is InChI=1S/C14H22N2O3/c1-7-4-5-15-11(7)13(17)16-12-9-3-2-8(6-9)10(12)14(18)19/h7-12,15H,2-6H2,1H3,(H,16,17)(H,18,19). The normalized spacial score (nSPS) is 44.5. The summed E-state index contributed by atoms with van der Waals surface area (Å²) in [6.45, 7) is 2.94. The van der Waals surface area contributed by atoms with E-state index in [9.17, 15) is 14.7 Å². The number of hydrogen-bond donors (Lipinski definition) is 3. The highest BCUT2D eigenvalue weighted by Crippen LogP contribution is 2.48. The van der Waals surface area contributed by atoms with E-state index in [-0.39, 0.29) is 29.8 Å². The van der Waals surface area contributed by atoms with E-state index in [1.54, 1.807) is 0 Å². The molecule has 3 N–H and O–H groups in total. The highest BCUT2D eigenvalue weighted by atomic mass is 16.4. The Hall–Kier alpha value is -1.10. The molecule has 106 valence electrons. The first-order chi connectivity index (χ1) is 9.08. The van der Waals surface area contributed by atoms with Crippen LogP contribution < -0.4 is 10.6 Å². The molecule has 1 aliphatic heterocycles. The summed E-state index contributed by atoms with van der Waals surface area (Å²) in [4.78, 5) is 23.7. The number of aliphatic carboxylic acids is 1. The average molecular weight is 266 g/mol. The number of carbonyl (C=O) groups excluding carboxylic acids is 1. The molecule has 1 amide bonds. The Morgan fingerprint density at radius 2 is 1.95 bits per heavy atom. The second kappa shape index (κ2) is 4.78. The van der Waals surface area contributed by atoms with Gasteiger partial charge in [0, 0.05) is 6.04 Å². The molecule has 2 saturated carbocycles. The van der Waals surface area contributed by atoms with E-state index >= 15 is 0 Å². The molecule has 5 nitrogen and oxygen atoms in total. The quantitative estimate of drug-likeness (QED) is 0.699. The lowest BCUT2D eigenvalue weighted by Crippen LogP contribution is -2.52. The number of fused-ring (bicyclic) bond motifs is 2. The third-order valence-corrected chi connectivity index (χ3v) is 5.33. The van der Waals surface area contributed by atoms with Gasteiger partial charge in [0.2, 0.25) is 5.91 Å². The summed E-state index contributed by atoms with van der Waals surface area (Å²) in [5, 5.41) is 15.6. The minimum atomic E-state index is -0.745. The monoisotopic (exact) mass is 266 g/mol. The molecule has 3 rings (SSSR count). The van der Waals surface area contributed by atoms with Crippen molar-refractivity contribution >= 4 is 11.9 Å². The van der Waals surface area contributed by atoms with E-state index in [4.69, 9.17) is 0 Å². The van der Waals surface area contributed by atoms with E-state index in [0.717, 1.165) is 32.2 Å². The number of carboxylic acids is 1. The van der Waals surface area contributed by atoms with Gasteiger partial charge in [0.05, 0.1) is 12.0 Å². The number of hydrogen-bond acceptors (Lipinski definition) is 3. The molecule has 5 heteroatoms. The van der Waals surface area contributed by atoms with Crippen molar-refractivity contribution < 1.29 is 14.7 Å². The van der Waals surface area contributed by atoms with Crippen LogP contribution in [0.15, 0.2) is 0 Å². The Morgan fingerprint density at radius 3 is 2.58 bits per heavy atom. The number of carbonyl (C=O) groups is 2. The summed E-state index contributed by atoms with van der Waals surface area (Å²) in [5.41, 5.74) is 0. The Kier molecular flexibility index (Phi) is 3.25. The van der Waals surface area contributed by atoms with Gasteiger partial charge in [-0.2, -0.15) is 0 Å². The molecule has 6 unspecified atom stereocenters. The average Bonchev–Trinajstić information content (AvgIpc) is 3.03. The lowest BCUT2D eigenvalue weighted by Gasteiger charge is -2.30. The van der Waals surface area contributed by atoms with Gasteiger partial charge in [-0.05, 0) is 50.0 Å². The van der Waals surface area contributed by atoms with Crippen LogP contribution in [0.2, 0.25) is 0 Å². The van der Waals surface area contributed by atoms with E-state index in [0.29, 0.717) is 11.8 Å². The molecule has 0 aromatic carbocycles. The molecule has 0 spiro atoms. The fourth-order valence-electron chi connectivity index (χ4n) is 4.29. The molecule has 2 aliphatic carbocycles. The maximum absolute atomic E-state index is 12.3. The van der Waals surface area contributed by atoms with E-state index in [1.165, 1.54) is 0 Å². The van der Waals surface area contributed by atoms with Crippen LogP contribution in [0.5, 0.6) is 0 Å². The second-order valence-corrected chi connectivity index (χ2v) is 6.43. The number of amides is 1. The summed E-state index contributed by atoms with van der Waals surface area (Å²) < 4.78 is 0.